The van der Waals surface area contributed by atoms with Crippen molar-refractivity contribution in [3.05, 3.63) is 40.7 Å². The third kappa shape index (κ3) is 3.85. The highest BCUT2D eigenvalue weighted by atomic mass is 16.6. The maximum absolute atomic E-state index is 11.2. The molecule has 0 spiro atoms. The van der Waals surface area contributed by atoms with Gasteiger partial charge in [0.2, 0.25) is 0 Å². The van der Waals surface area contributed by atoms with Gasteiger partial charge in [-0.3, -0.25) is 19.6 Å². The molecule has 0 amide bonds. The maximum Gasteiger partial charge on any atom is 0.307 e. The van der Waals surface area contributed by atoms with Gasteiger partial charge in [-0.1, -0.05) is 0 Å². The van der Waals surface area contributed by atoms with Crippen molar-refractivity contribution in [1.82, 2.24) is 14.8 Å². The summed E-state index contributed by atoms with van der Waals surface area (Å²) in [6.07, 6.45) is 1.73. The minimum atomic E-state index is -0.463. The second-order valence-electron chi connectivity index (χ2n) is 4.19. The molecule has 0 aliphatic rings. The number of hydrogen-bond acceptors (Lipinski definition) is 6. The Kier molecular flexibility index (Phi) is 4.60. The van der Waals surface area contributed by atoms with Gasteiger partial charge in [-0.05, 0) is 19.1 Å². The summed E-state index contributed by atoms with van der Waals surface area (Å²) in [6, 6.07) is 5.97. The van der Waals surface area contributed by atoms with E-state index >= 15 is 0 Å². The number of esters is 1. The number of nitrogens with zero attached hydrogens (tertiary/aromatic N) is 4. The maximum atomic E-state index is 11.2. The van der Waals surface area contributed by atoms with Gasteiger partial charge in [0.25, 0.3) is 5.69 Å². The smallest absolute Gasteiger partial charge is 0.307 e. The van der Waals surface area contributed by atoms with E-state index in [1.807, 2.05) is 0 Å². The molecule has 1 heterocycles. The Hall–Kier alpha value is -2.77. The number of carbonyl (C=O) groups excluding carboxylic acids is 1. The first kappa shape index (κ1) is 14.6. The van der Waals surface area contributed by atoms with Crippen molar-refractivity contribution in [2.24, 2.45) is 0 Å². The first-order valence-electron chi connectivity index (χ1n) is 6.40. The van der Waals surface area contributed by atoms with Crippen LogP contribution in [-0.4, -0.2) is 32.3 Å². The lowest BCUT2D eigenvalue weighted by molar-refractivity contribution is -0.384. The molecule has 21 heavy (non-hydrogen) atoms. The van der Waals surface area contributed by atoms with E-state index in [1.165, 1.54) is 23.1 Å². The number of hydrogen-bond donors (Lipinski definition) is 0. The van der Waals surface area contributed by atoms with Crippen LogP contribution in [0.15, 0.2) is 30.6 Å². The molecule has 0 bridgehead atoms. The van der Waals surface area contributed by atoms with E-state index in [-0.39, 0.29) is 18.1 Å². The Labute approximate surface area is 120 Å². The molecule has 0 aliphatic heterocycles. The predicted molar refractivity (Wildman–Crippen MR) is 73.4 cm³/mol. The van der Waals surface area contributed by atoms with Crippen LogP contribution in [0.25, 0.3) is 11.4 Å². The fraction of sp³-hybridized carbons (Fsp3) is 0.308. The van der Waals surface area contributed by atoms with Crippen molar-refractivity contribution in [3.63, 3.8) is 0 Å². The minimum Gasteiger partial charge on any atom is -0.466 e. The Morgan fingerprint density at radius 3 is 2.71 bits per heavy atom. The second-order valence-corrected chi connectivity index (χ2v) is 4.19. The molecule has 0 saturated carbocycles. The molecule has 8 nitrogen and oxygen atoms in total. The molecular weight excluding hydrogens is 276 g/mol. The van der Waals surface area contributed by atoms with E-state index in [4.69, 9.17) is 4.74 Å². The zero-order valence-electron chi connectivity index (χ0n) is 11.4. The molecule has 2 rings (SSSR count). The van der Waals surface area contributed by atoms with E-state index in [9.17, 15) is 14.9 Å². The van der Waals surface area contributed by atoms with E-state index < -0.39 is 4.92 Å². The molecule has 2 aromatic rings. The molecule has 0 fully saturated rings. The summed E-state index contributed by atoms with van der Waals surface area (Å²) in [7, 11) is 0. The van der Waals surface area contributed by atoms with Crippen LogP contribution in [0, 0.1) is 10.1 Å². The second kappa shape index (κ2) is 6.60. The molecule has 0 unspecified atom stereocenters. The molecule has 0 N–H and O–H groups in total. The largest absolute Gasteiger partial charge is 0.466 e. The summed E-state index contributed by atoms with van der Waals surface area (Å²) < 4.78 is 6.36. The normalized spacial score (nSPS) is 10.3. The van der Waals surface area contributed by atoms with E-state index in [2.05, 4.69) is 10.1 Å². The number of aryl methyl sites for hydroxylation is 1. The summed E-state index contributed by atoms with van der Waals surface area (Å²) in [5.74, 6) is 0.165. The highest BCUT2D eigenvalue weighted by Crippen LogP contribution is 2.18. The predicted octanol–water partition coefficient (Wildman–Crippen LogP) is 1.81. The Morgan fingerprint density at radius 1 is 1.38 bits per heavy atom. The fourth-order valence-electron chi connectivity index (χ4n) is 1.71. The first-order valence-corrected chi connectivity index (χ1v) is 6.40. The van der Waals surface area contributed by atoms with Crippen molar-refractivity contribution in [2.75, 3.05) is 6.61 Å². The Bertz CT molecular complexity index is 636. The Balaban J connectivity index is 2.02. The third-order valence-electron chi connectivity index (χ3n) is 2.72. The zero-order chi connectivity index (χ0) is 15.2. The van der Waals surface area contributed by atoms with Crippen molar-refractivity contribution in [3.8, 4) is 11.4 Å². The van der Waals surface area contributed by atoms with Gasteiger partial charge >= 0.3 is 5.97 Å². The number of carbonyl (C=O) groups is 1. The van der Waals surface area contributed by atoms with Crippen LogP contribution < -0.4 is 0 Å². The van der Waals surface area contributed by atoms with Crippen LogP contribution in [0.4, 0.5) is 5.69 Å². The quantitative estimate of drug-likeness (QED) is 0.457. The van der Waals surface area contributed by atoms with Gasteiger partial charge in [0.1, 0.15) is 6.33 Å². The van der Waals surface area contributed by atoms with Crippen molar-refractivity contribution >= 4 is 11.7 Å². The molecule has 1 aromatic heterocycles. The van der Waals surface area contributed by atoms with Crippen LogP contribution in [0.5, 0.6) is 0 Å². The highest BCUT2D eigenvalue weighted by Gasteiger charge is 2.09. The summed E-state index contributed by atoms with van der Waals surface area (Å²) >= 11 is 0. The first-order chi connectivity index (χ1) is 10.1. The van der Waals surface area contributed by atoms with Crippen molar-refractivity contribution in [2.45, 2.75) is 19.9 Å². The minimum absolute atomic E-state index is 0.0143. The van der Waals surface area contributed by atoms with Crippen LogP contribution in [-0.2, 0) is 16.1 Å². The van der Waals surface area contributed by atoms with Gasteiger partial charge in [-0.15, -0.1) is 0 Å². The molecular formula is C13H14N4O4. The lowest BCUT2D eigenvalue weighted by Gasteiger charge is -2.01. The Morgan fingerprint density at radius 2 is 2.10 bits per heavy atom. The molecule has 110 valence electrons. The third-order valence-corrected chi connectivity index (χ3v) is 2.72. The topological polar surface area (TPSA) is 100 Å². The standard InChI is InChI=1S/C13H14N4O4/c1-2-21-12(18)7-8-16-9-14-13(15-16)10-3-5-11(6-4-10)17(19)20/h3-6,9H,2,7-8H2,1H3. The SMILES string of the molecule is CCOC(=O)CCn1cnc(-c2ccc([N+](=O)[O-])cc2)n1. The van der Waals surface area contributed by atoms with Crippen LogP contribution in [0.3, 0.4) is 0 Å². The monoisotopic (exact) mass is 290 g/mol. The molecule has 0 saturated heterocycles. The van der Waals surface area contributed by atoms with Gasteiger partial charge < -0.3 is 4.74 Å². The number of rotatable bonds is 6. The van der Waals surface area contributed by atoms with Gasteiger partial charge in [-0.25, -0.2) is 4.98 Å². The summed E-state index contributed by atoms with van der Waals surface area (Å²) in [5.41, 5.74) is 0.691. The number of ether oxygens (including phenoxy) is 1. The van der Waals surface area contributed by atoms with Crippen LogP contribution >= 0.6 is 0 Å². The summed E-state index contributed by atoms with van der Waals surface area (Å²) in [6.45, 7) is 2.48. The molecule has 8 heteroatoms. The molecule has 0 aliphatic carbocycles. The molecule has 0 radical (unpaired) electrons. The van der Waals surface area contributed by atoms with Gasteiger partial charge in [0, 0.05) is 17.7 Å². The number of benzene rings is 1. The highest BCUT2D eigenvalue weighted by molar-refractivity contribution is 5.69. The van der Waals surface area contributed by atoms with E-state index in [1.54, 1.807) is 19.1 Å². The van der Waals surface area contributed by atoms with Gasteiger partial charge in [0.05, 0.1) is 24.5 Å². The van der Waals surface area contributed by atoms with E-state index in [0.29, 0.717) is 24.5 Å². The average molecular weight is 290 g/mol. The number of aromatic nitrogens is 3. The number of nitro benzene ring substituents is 1. The summed E-state index contributed by atoms with van der Waals surface area (Å²) in [4.78, 5) is 25.5. The van der Waals surface area contributed by atoms with Gasteiger partial charge in [-0.2, -0.15) is 5.10 Å². The number of nitro groups is 1. The van der Waals surface area contributed by atoms with Crippen LogP contribution in [0.1, 0.15) is 13.3 Å². The number of non-ortho nitro benzene ring substituents is 1. The zero-order valence-corrected chi connectivity index (χ0v) is 11.4. The molecule has 1 aromatic carbocycles. The van der Waals surface area contributed by atoms with Gasteiger partial charge in [0.15, 0.2) is 5.82 Å². The summed E-state index contributed by atoms with van der Waals surface area (Å²) in [5, 5.41) is 14.8. The molecule has 0 atom stereocenters. The average Bonchev–Trinajstić information content (AvgIpc) is 2.94. The lowest BCUT2D eigenvalue weighted by Crippen LogP contribution is -2.09. The van der Waals surface area contributed by atoms with Crippen molar-refractivity contribution in [1.29, 1.82) is 0 Å². The lowest BCUT2D eigenvalue weighted by atomic mass is 10.2. The fourth-order valence-corrected chi connectivity index (χ4v) is 1.71. The van der Waals surface area contributed by atoms with Crippen LogP contribution in [0.2, 0.25) is 0 Å². The van der Waals surface area contributed by atoms with Crippen molar-refractivity contribution < 1.29 is 14.5 Å². The van der Waals surface area contributed by atoms with E-state index in [0.717, 1.165) is 0 Å².